The third-order valence-electron chi connectivity index (χ3n) is 7.01. The van der Waals surface area contributed by atoms with Gasteiger partial charge in [0, 0.05) is 23.7 Å². The van der Waals surface area contributed by atoms with Crippen LogP contribution in [0.15, 0.2) is 102 Å². The van der Waals surface area contributed by atoms with Crippen LogP contribution in [0.1, 0.15) is 38.5 Å². The molecule has 2 unspecified atom stereocenters. The molecule has 0 saturated heterocycles. The molecule has 3 amide bonds. The van der Waals surface area contributed by atoms with Gasteiger partial charge in [-0.25, -0.2) is 4.99 Å². The van der Waals surface area contributed by atoms with Crippen LogP contribution in [0.4, 0.5) is 5.69 Å². The lowest BCUT2D eigenvalue weighted by Crippen LogP contribution is -2.47. The topological polar surface area (TPSA) is 105 Å². The molecule has 4 aromatic carbocycles. The minimum absolute atomic E-state index is 0.328. The van der Waals surface area contributed by atoms with Gasteiger partial charge in [0.1, 0.15) is 0 Å². The first-order valence-electron chi connectivity index (χ1n) is 12.9. The summed E-state index contributed by atoms with van der Waals surface area (Å²) in [6, 6.07) is 28.6. The molecule has 206 valence electrons. The van der Waals surface area contributed by atoms with Crippen molar-refractivity contribution in [2.24, 2.45) is 10.7 Å². The van der Waals surface area contributed by atoms with E-state index in [4.69, 9.17) is 33.9 Å². The molecule has 2 atom stereocenters. The summed E-state index contributed by atoms with van der Waals surface area (Å²) >= 11 is 12.4. The Hall–Kier alpha value is -4.46. The lowest BCUT2D eigenvalue weighted by Gasteiger charge is -2.23. The SMILES string of the molecule is CN1C(=O)C(NC(=O)C(Cc2ccc(Cl)c(Cl)c2)c2ccccc2)N=C(c2ccc(C(N)=O)cc2)c2ccccc21. The fourth-order valence-electron chi connectivity index (χ4n) is 4.82. The molecule has 9 heteroatoms. The van der Waals surface area contributed by atoms with E-state index >= 15 is 0 Å². The lowest BCUT2D eigenvalue weighted by atomic mass is 9.91. The van der Waals surface area contributed by atoms with Crippen LogP contribution in [0.2, 0.25) is 10.0 Å². The summed E-state index contributed by atoms with van der Waals surface area (Å²) in [6.45, 7) is 0. The number of para-hydroxylation sites is 1. The van der Waals surface area contributed by atoms with Crippen molar-refractivity contribution >= 4 is 52.3 Å². The van der Waals surface area contributed by atoms with Crippen LogP contribution >= 0.6 is 23.2 Å². The zero-order chi connectivity index (χ0) is 29.1. The van der Waals surface area contributed by atoms with E-state index in [1.165, 1.54) is 4.90 Å². The number of nitrogens with two attached hydrogens (primary N) is 1. The molecular weight excluding hydrogens is 559 g/mol. The summed E-state index contributed by atoms with van der Waals surface area (Å²) in [5.74, 6) is -1.94. The highest BCUT2D eigenvalue weighted by atomic mass is 35.5. The van der Waals surface area contributed by atoms with Gasteiger partial charge < -0.3 is 16.0 Å². The van der Waals surface area contributed by atoms with Gasteiger partial charge in [-0.15, -0.1) is 0 Å². The van der Waals surface area contributed by atoms with Gasteiger partial charge in [0.2, 0.25) is 18.0 Å². The van der Waals surface area contributed by atoms with Crippen molar-refractivity contribution in [1.29, 1.82) is 0 Å². The number of hydrogen-bond acceptors (Lipinski definition) is 4. The molecule has 0 aliphatic carbocycles. The molecule has 0 fully saturated rings. The zero-order valence-electron chi connectivity index (χ0n) is 22.1. The molecule has 5 rings (SSSR count). The van der Waals surface area contributed by atoms with Gasteiger partial charge in [0.25, 0.3) is 5.91 Å². The number of nitrogens with zero attached hydrogens (tertiary/aromatic N) is 2. The second kappa shape index (κ2) is 12.0. The van der Waals surface area contributed by atoms with Crippen molar-refractivity contribution < 1.29 is 14.4 Å². The number of anilines is 1. The van der Waals surface area contributed by atoms with E-state index < -0.39 is 23.9 Å². The number of benzene rings is 4. The molecule has 1 aliphatic rings. The standard InChI is InChI=1S/C32H26Cl2N4O3/c1-38-27-10-6-5-9-23(27)28(21-12-14-22(15-13-21)29(35)39)36-30(32(38)41)37-31(40)24(20-7-3-2-4-8-20)17-19-11-16-25(33)26(34)18-19/h2-16,18,24,30H,17H2,1H3,(H2,35,39)(H,37,40). The maximum Gasteiger partial charge on any atom is 0.272 e. The Bertz CT molecular complexity index is 1660. The van der Waals surface area contributed by atoms with Crippen molar-refractivity contribution in [3.63, 3.8) is 0 Å². The maximum atomic E-state index is 13.9. The highest BCUT2D eigenvalue weighted by Gasteiger charge is 2.33. The highest BCUT2D eigenvalue weighted by Crippen LogP contribution is 2.29. The summed E-state index contributed by atoms with van der Waals surface area (Å²) in [7, 11) is 1.65. The molecule has 1 aliphatic heterocycles. The van der Waals surface area contributed by atoms with Gasteiger partial charge in [-0.3, -0.25) is 14.4 Å². The number of fused-ring (bicyclic) bond motifs is 1. The monoisotopic (exact) mass is 584 g/mol. The van der Waals surface area contributed by atoms with E-state index in [9.17, 15) is 14.4 Å². The molecule has 0 spiro atoms. The lowest BCUT2D eigenvalue weighted by molar-refractivity contribution is -0.128. The molecule has 3 N–H and O–H groups in total. The second-order valence-electron chi connectivity index (χ2n) is 9.66. The molecular formula is C32H26Cl2N4O3. The number of hydrogen-bond donors (Lipinski definition) is 2. The van der Waals surface area contributed by atoms with E-state index in [2.05, 4.69) is 5.32 Å². The Morgan fingerprint density at radius 3 is 2.29 bits per heavy atom. The number of carbonyl (C=O) groups excluding carboxylic acids is 3. The number of rotatable bonds is 7. The maximum absolute atomic E-state index is 13.9. The number of primary amides is 1. The van der Waals surface area contributed by atoms with Crippen molar-refractivity contribution in [2.45, 2.75) is 18.5 Å². The van der Waals surface area contributed by atoms with Gasteiger partial charge in [0.05, 0.1) is 27.4 Å². The highest BCUT2D eigenvalue weighted by molar-refractivity contribution is 6.42. The van der Waals surface area contributed by atoms with E-state index in [-0.39, 0.29) is 5.91 Å². The molecule has 4 aromatic rings. The fraction of sp³-hybridized carbons (Fsp3) is 0.125. The summed E-state index contributed by atoms with van der Waals surface area (Å²) in [6.07, 6.45) is -0.875. The minimum atomic E-state index is -1.20. The Kier molecular flexibility index (Phi) is 8.19. The van der Waals surface area contributed by atoms with Gasteiger partial charge in [-0.05, 0) is 47.9 Å². The Morgan fingerprint density at radius 2 is 1.61 bits per heavy atom. The van der Waals surface area contributed by atoms with E-state index in [1.807, 2.05) is 60.7 Å². The van der Waals surface area contributed by atoms with Gasteiger partial charge >= 0.3 is 0 Å². The van der Waals surface area contributed by atoms with Crippen LogP contribution in [0.3, 0.4) is 0 Å². The van der Waals surface area contributed by atoms with E-state index in [0.717, 1.165) is 11.1 Å². The number of amides is 3. The molecule has 0 saturated carbocycles. The summed E-state index contributed by atoms with van der Waals surface area (Å²) in [5.41, 5.74) is 9.89. The average Bonchev–Trinajstić information content (AvgIpc) is 3.08. The fourth-order valence-corrected chi connectivity index (χ4v) is 5.14. The van der Waals surface area contributed by atoms with Crippen molar-refractivity contribution in [1.82, 2.24) is 5.32 Å². The van der Waals surface area contributed by atoms with Gasteiger partial charge in [-0.1, -0.05) is 89.9 Å². The van der Waals surface area contributed by atoms with Crippen LogP contribution in [0, 0.1) is 0 Å². The first kappa shape index (κ1) is 28.1. The first-order chi connectivity index (χ1) is 19.7. The Balaban J connectivity index is 1.53. The minimum Gasteiger partial charge on any atom is -0.366 e. The van der Waals surface area contributed by atoms with E-state index in [1.54, 1.807) is 43.4 Å². The Morgan fingerprint density at radius 1 is 0.927 bits per heavy atom. The summed E-state index contributed by atoms with van der Waals surface area (Å²) in [4.78, 5) is 45.5. The van der Waals surface area contributed by atoms with Crippen molar-refractivity contribution in [3.05, 3.63) is 135 Å². The molecule has 0 bridgehead atoms. The molecule has 0 aromatic heterocycles. The molecule has 41 heavy (non-hydrogen) atoms. The number of likely N-dealkylation sites (N-methyl/N-ethyl adjacent to an activating group) is 1. The van der Waals surface area contributed by atoms with Crippen LogP contribution in [0.5, 0.6) is 0 Å². The van der Waals surface area contributed by atoms with Crippen LogP contribution in [-0.4, -0.2) is 36.6 Å². The summed E-state index contributed by atoms with van der Waals surface area (Å²) in [5, 5.41) is 3.72. The smallest absolute Gasteiger partial charge is 0.272 e. The van der Waals surface area contributed by atoms with Gasteiger partial charge in [0.15, 0.2) is 0 Å². The molecule has 1 heterocycles. The number of carbonyl (C=O) groups is 3. The van der Waals surface area contributed by atoms with Crippen LogP contribution in [-0.2, 0) is 16.0 Å². The van der Waals surface area contributed by atoms with E-state index in [0.29, 0.717) is 44.6 Å². The van der Waals surface area contributed by atoms with Crippen molar-refractivity contribution in [3.8, 4) is 0 Å². The zero-order valence-corrected chi connectivity index (χ0v) is 23.6. The third-order valence-corrected chi connectivity index (χ3v) is 7.75. The predicted molar refractivity (Wildman–Crippen MR) is 162 cm³/mol. The third kappa shape index (κ3) is 6.01. The number of halogens is 2. The molecule has 0 radical (unpaired) electrons. The number of benzodiazepines with no additional fused rings is 1. The predicted octanol–water partition coefficient (Wildman–Crippen LogP) is 5.37. The largest absolute Gasteiger partial charge is 0.366 e. The molecule has 7 nitrogen and oxygen atoms in total. The Labute approximate surface area is 247 Å². The average molecular weight is 585 g/mol. The van der Waals surface area contributed by atoms with Crippen LogP contribution < -0.4 is 16.0 Å². The van der Waals surface area contributed by atoms with Crippen LogP contribution in [0.25, 0.3) is 0 Å². The van der Waals surface area contributed by atoms with Gasteiger partial charge in [-0.2, -0.15) is 0 Å². The second-order valence-corrected chi connectivity index (χ2v) is 10.5. The first-order valence-corrected chi connectivity index (χ1v) is 13.6. The normalized spacial score (nSPS) is 15.4. The number of aliphatic imine (C=N–C) groups is 1. The number of nitrogens with one attached hydrogen (secondary N) is 1. The van der Waals surface area contributed by atoms with Crippen molar-refractivity contribution in [2.75, 3.05) is 11.9 Å². The quantitative estimate of drug-likeness (QED) is 0.305. The summed E-state index contributed by atoms with van der Waals surface area (Å²) < 4.78 is 0.